The third-order valence-corrected chi connectivity index (χ3v) is 6.43. The summed E-state index contributed by atoms with van der Waals surface area (Å²) in [6.07, 6.45) is 3.75. The second-order valence-electron chi connectivity index (χ2n) is 7.25. The Labute approximate surface area is 178 Å². The lowest BCUT2D eigenvalue weighted by molar-refractivity contribution is 0.187. The van der Waals surface area contributed by atoms with Crippen LogP contribution in [0.2, 0.25) is 0 Å². The molecule has 2 fully saturated rings. The standard InChI is InChI=1S/C19H31N3O2S.HI/c1-15(2)18-13-22(8-11-25-18)19(21-12-16-6-10-23-14-16)20-7-5-17-4-3-9-24-17;/h3-4,9,15-16,18H,5-8,10-14H2,1-2H3,(H,20,21);1H. The fourth-order valence-corrected chi connectivity index (χ4v) is 4.53. The van der Waals surface area contributed by atoms with Gasteiger partial charge in [0.15, 0.2) is 5.96 Å². The summed E-state index contributed by atoms with van der Waals surface area (Å²) in [5, 5.41) is 4.26. The third-order valence-electron chi connectivity index (χ3n) is 4.89. The summed E-state index contributed by atoms with van der Waals surface area (Å²) in [5.74, 6) is 4.52. The molecule has 2 unspecified atom stereocenters. The number of nitrogens with zero attached hydrogens (tertiary/aromatic N) is 2. The quantitative estimate of drug-likeness (QED) is 0.374. The van der Waals surface area contributed by atoms with Gasteiger partial charge >= 0.3 is 0 Å². The molecule has 148 valence electrons. The van der Waals surface area contributed by atoms with Crippen molar-refractivity contribution < 1.29 is 9.15 Å². The minimum atomic E-state index is 0. The first kappa shape index (κ1) is 21.9. The van der Waals surface area contributed by atoms with E-state index in [1.165, 1.54) is 5.75 Å². The van der Waals surface area contributed by atoms with Gasteiger partial charge in [0.1, 0.15) is 5.76 Å². The van der Waals surface area contributed by atoms with Crippen LogP contribution in [0.15, 0.2) is 27.8 Å². The van der Waals surface area contributed by atoms with Gasteiger partial charge in [-0.1, -0.05) is 13.8 Å². The van der Waals surface area contributed by atoms with Gasteiger partial charge in [0.05, 0.1) is 12.9 Å². The summed E-state index contributed by atoms with van der Waals surface area (Å²) in [6.45, 7) is 10.2. The number of halogens is 1. The summed E-state index contributed by atoms with van der Waals surface area (Å²) < 4.78 is 10.9. The van der Waals surface area contributed by atoms with E-state index in [-0.39, 0.29) is 24.0 Å². The van der Waals surface area contributed by atoms with Crippen LogP contribution in [-0.4, -0.2) is 61.3 Å². The van der Waals surface area contributed by atoms with Crippen molar-refractivity contribution in [1.82, 2.24) is 10.2 Å². The van der Waals surface area contributed by atoms with Crippen LogP contribution in [0, 0.1) is 11.8 Å². The van der Waals surface area contributed by atoms with Gasteiger partial charge in [-0.05, 0) is 24.5 Å². The first-order chi connectivity index (χ1) is 12.2. The van der Waals surface area contributed by atoms with Crippen LogP contribution in [0.4, 0.5) is 0 Å². The SMILES string of the molecule is CC(C)C1CN(C(=NCC2CCOC2)NCCc2ccco2)CCS1.I. The number of hydrogen-bond acceptors (Lipinski definition) is 4. The highest BCUT2D eigenvalue weighted by molar-refractivity contribution is 14.0. The normalized spacial score (nSPS) is 24.0. The molecule has 2 aliphatic rings. The fourth-order valence-electron chi connectivity index (χ4n) is 3.23. The first-order valence-corrected chi connectivity index (χ1v) is 10.5. The largest absolute Gasteiger partial charge is 0.469 e. The Bertz CT molecular complexity index is 533. The first-order valence-electron chi connectivity index (χ1n) is 9.47. The van der Waals surface area contributed by atoms with E-state index in [9.17, 15) is 0 Å². The molecule has 0 amide bonds. The molecule has 1 N–H and O–H groups in total. The lowest BCUT2D eigenvalue weighted by Crippen LogP contribution is -2.49. The number of guanidine groups is 1. The van der Waals surface area contributed by atoms with Crippen molar-refractivity contribution in [2.24, 2.45) is 16.8 Å². The number of nitrogens with one attached hydrogen (secondary N) is 1. The average Bonchev–Trinajstić information content (AvgIpc) is 3.31. The zero-order chi connectivity index (χ0) is 17.5. The molecule has 5 nitrogen and oxygen atoms in total. The molecule has 3 rings (SSSR count). The number of rotatable bonds is 6. The van der Waals surface area contributed by atoms with Crippen LogP contribution < -0.4 is 5.32 Å². The highest BCUT2D eigenvalue weighted by Gasteiger charge is 2.25. The van der Waals surface area contributed by atoms with Crippen molar-refractivity contribution in [3.63, 3.8) is 0 Å². The molecular formula is C19H32IN3O2S. The molecule has 1 aromatic heterocycles. The zero-order valence-corrected chi connectivity index (χ0v) is 19.0. The van der Waals surface area contributed by atoms with Crippen molar-refractivity contribution >= 4 is 41.7 Å². The Kier molecular flexibility index (Phi) is 9.63. The van der Waals surface area contributed by atoms with E-state index in [0.29, 0.717) is 17.1 Å². The predicted molar refractivity (Wildman–Crippen MR) is 120 cm³/mol. The van der Waals surface area contributed by atoms with Gasteiger partial charge in [-0.2, -0.15) is 11.8 Å². The molecule has 0 radical (unpaired) electrons. The van der Waals surface area contributed by atoms with Crippen LogP contribution in [0.3, 0.4) is 0 Å². The molecule has 0 spiro atoms. The molecule has 2 saturated heterocycles. The van der Waals surface area contributed by atoms with E-state index < -0.39 is 0 Å². The van der Waals surface area contributed by atoms with Gasteiger partial charge in [-0.15, -0.1) is 24.0 Å². The van der Waals surface area contributed by atoms with Crippen molar-refractivity contribution in [3.05, 3.63) is 24.2 Å². The summed E-state index contributed by atoms with van der Waals surface area (Å²) in [7, 11) is 0. The Morgan fingerprint density at radius 2 is 2.35 bits per heavy atom. The van der Waals surface area contributed by atoms with Crippen LogP contribution >= 0.6 is 35.7 Å². The molecule has 0 aromatic carbocycles. The molecule has 26 heavy (non-hydrogen) atoms. The molecule has 0 bridgehead atoms. The van der Waals surface area contributed by atoms with E-state index >= 15 is 0 Å². The molecule has 0 saturated carbocycles. The van der Waals surface area contributed by atoms with Gasteiger partial charge in [0.2, 0.25) is 0 Å². The molecule has 2 atom stereocenters. The van der Waals surface area contributed by atoms with Crippen LogP contribution in [0.25, 0.3) is 0 Å². The molecule has 3 heterocycles. The van der Waals surface area contributed by atoms with E-state index in [2.05, 4.69) is 35.8 Å². The number of thioether (sulfide) groups is 1. The van der Waals surface area contributed by atoms with Gasteiger partial charge in [0, 0.05) is 56.1 Å². The Morgan fingerprint density at radius 3 is 3.04 bits per heavy atom. The van der Waals surface area contributed by atoms with Crippen molar-refractivity contribution in [1.29, 1.82) is 0 Å². The highest BCUT2D eigenvalue weighted by atomic mass is 127. The predicted octanol–water partition coefficient (Wildman–Crippen LogP) is 3.50. The van der Waals surface area contributed by atoms with E-state index in [4.69, 9.17) is 14.1 Å². The molecule has 1 aromatic rings. The van der Waals surface area contributed by atoms with Crippen molar-refractivity contribution in [2.45, 2.75) is 31.9 Å². The Morgan fingerprint density at radius 1 is 1.46 bits per heavy atom. The topological polar surface area (TPSA) is 50.0 Å². The van der Waals surface area contributed by atoms with Gasteiger partial charge in [-0.3, -0.25) is 4.99 Å². The summed E-state index contributed by atoms with van der Waals surface area (Å²) in [4.78, 5) is 7.40. The van der Waals surface area contributed by atoms with Gasteiger partial charge in [-0.25, -0.2) is 0 Å². The van der Waals surface area contributed by atoms with Crippen molar-refractivity contribution in [3.8, 4) is 0 Å². The minimum Gasteiger partial charge on any atom is -0.469 e. The second kappa shape index (κ2) is 11.4. The maximum atomic E-state index is 5.49. The summed E-state index contributed by atoms with van der Waals surface area (Å²) in [6, 6.07) is 3.97. The van der Waals surface area contributed by atoms with Crippen LogP contribution in [0.5, 0.6) is 0 Å². The Hall–Kier alpha value is -0.410. The molecule has 2 aliphatic heterocycles. The minimum absolute atomic E-state index is 0. The fraction of sp³-hybridized carbons (Fsp3) is 0.737. The molecular weight excluding hydrogens is 461 g/mol. The van der Waals surface area contributed by atoms with E-state index in [1.807, 2.05) is 12.1 Å². The Balaban J connectivity index is 0.00000243. The summed E-state index contributed by atoms with van der Waals surface area (Å²) in [5.41, 5.74) is 0. The number of furan rings is 1. The smallest absolute Gasteiger partial charge is 0.194 e. The maximum Gasteiger partial charge on any atom is 0.194 e. The maximum absolute atomic E-state index is 5.49. The van der Waals surface area contributed by atoms with Gasteiger partial charge in [0.25, 0.3) is 0 Å². The lowest BCUT2D eigenvalue weighted by atomic mass is 10.1. The second-order valence-corrected chi connectivity index (χ2v) is 8.60. The molecule has 0 aliphatic carbocycles. The highest BCUT2D eigenvalue weighted by Crippen LogP contribution is 2.25. The third kappa shape index (κ3) is 6.64. The summed E-state index contributed by atoms with van der Waals surface area (Å²) >= 11 is 2.10. The van der Waals surface area contributed by atoms with Crippen LogP contribution in [-0.2, 0) is 11.2 Å². The van der Waals surface area contributed by atoms with Crippen LogP contribution in [0.1, 0.15) is 26.0 Å². The van der Waals surface area contributed by atoms with Gasteiger partial charge < -0.3 is 19.4 Å². The number of ether oxygens (including phenoxy) is 1. The van der Waals surface area contributed by atoms with E-state index in [0.717, 1.165) is 64.0 Å². The molecule has 7 heteroatoms. The monoisotopic (exact) mass is 493 g/mol. The lowest BCUT2D eigenvalue weighted by Gasteiger charge is -2.36. The number of aliphatic imine (C=N–C) groups is 1. The zero-order valence-electron chi connectivity index (χ0n) is 15.9. The number of hydrogen-bond donors (Lipinski definition) is 1. The van der Waals surface area contributed by atoms with Crippen molar-refractivity contribution in [2.75, 3.05) is 45.1 Å². The average molecular weight is 493 g/mol. The van der Waals surface area contributed by atoms with E-state index in [1.54, 1.807) is 6.26 Å².